The molecule has 2 rings (SSSR count). The summed E-state index contributed by atoms with van der Waals surface area (Å²) in [4.78, 5) is 28.5. The molecule has 0 aliphatic rings. The summed E-state index contributed by atoms with van der Waals surface area (Å²) in [6.07, 6.45) is 3.42. The Kier molecular flexibility index (Phi) is 5.70. The molecule has 0 radical (unpaired) electrons. The molecule has 23 heavy (non-hydrogen) atoms. The lowest BCUT2D eigenvalue weighted by atomic mass is 10.0. The second-order valence-corrected chi connectivity index (χ2v) is 5.91. The van der Waals surface area contributed by atoms with Crippen LogP contribution in [0.15, 0.2) is 30.6 Å². The number of halogens is 1. The van der Waals surface area contributed by atoms with Crippen LogP contribution in [-0.2, 0) is 4.79 Å². The number of aromatic amines is 1. The molecule has 0 aromatic carbocycles. The maximum atomic E-state index is 12.4. The zero-order chi connectivity index (χ0) is 16.8. The molecule has 0 spiro atoms. The SMILES string of the molecule is CC(C)C[C@H](NC(=O)c1ccc(Cl)cn1)C(=O)Nc1ccn[nH]1. The highest BCUT2D eigenvalue weighted by Gasteiger charge is 2.23. The van der Waals surface area contributed by atoms with Gasteiger partial charge >= 0.3 is 0 Å². The Morgan fingerprint density at radius 3 is 2.65 bits per heavy atom. The number of nitrogens with zero attached hydrogens (tertiary/aromatic N) is 2. The molecule has 0 saturated heterocycles. The van der Waals surface area contributed by atoms with Crippen LogP contribution >= 0.6 is 11.6 Å². The fourth-order valence-electron chi connectivity index (χ4n) is 1.99. The normalized spacial score (nSPS) is 12.0. The quantitative estimate of drug-likeness (QED) is 0.753. The fraction of sp³-hybridized carbons (Fsp3) is 0.333. The molecular weight excluding hydrogens is 318 g/mol. The van der Waals surface area contributed by atoms with E-state index in [0.717, 1.165) is 0 Å². The van der Waals surface area contributed by atoms with E-state index in [1.807, 2.05) is 13.8 Å². The predicted octanol–water partition coefficient (Wildman–Crippen LogP) is 2.24. The van der Waals surface area contributed by atoms with Crippen molar-refractivity contribution in [2.75, 3.05) is 5.32 Å². The number of hydrogen-bond acceptors (Lipinski definition) is 4. The van der Waals surface area contributed by atoms with Crippen LogP contribution in [0.4, 0.5) is 5.82 Å². The number of anilines is 1. The first kappa shape index (κ1) is 17.0. The van der Waals surface area contributed by atoms with Gasteiger partial charge in [-0.3, -0.25) is 14.7 Å². The lowest BCUT2D eigenvalue weighted by Crippen LogP contribution is -2.44. The number of carbonyl (C=O) groups is 2. The Labute approximate surface area is 138 Å². The van der Waals surface area contributed by atoms with Crippen molar-refractivity contribution in [2.45, 2.75) is 26.3 Å². The molecular formula is C15H18ClN5O2. The van der Waals surface area contributed by atoms with Gasteiger partial charge in [0.1, 0.15) is 17.6 Å². The minimum atomic E-state index is -0.678. The van der Waals surface area contributed by atoms with Crippen molar-refractivity contribution in [3.05, 3.63) is 41.3 Å². The molecule has 122 valence electrons. The fourth-order valence-corrected chi connectivity index (χ4v) is 2.10. The number of H-pyrrole nitrogens is 1. The van der Waals surface area contributed by atoms with Gasteiger partial charge in [-0.1, -0.05) is 25.4 Å². The second kappa shape index (κ2) is 7.73. The Bertz CT molecular complexity index is 655. The van der Waals surface area contributed by atoms with Crippen LogP contribution in [0.3, 0.4) is 0 Å². The molecule has 2 aromatic heterocycles. The van der Waals surface area contributed by atoms with Gasteiger partial charge in [0, 0.05) is 12.3 Å². The average molecular weight is 336 g/mol. The van der Waals surface area contributed by atoms with Gasteiger partial charge in [0.15, 0.2) is 0 Å². The van der Waals surface area contributed by atoms with Crippen molar-refractivity contribution in [1.82, 2.24) is 20.5 Å². The number of nitrogens with one attached hydrogen (secondary N) is 3. The summed E-state index contributed by atoms with van der Waals surface area (Å²) in [5.74, 6) is -0.0362. The van der Waals surface area contributed by atoms with Gasteiger partial charge in [-0.25, -0.2) is 4.98 Å². The van der Waals surface area contributed by atoms with E-state index in [2.05, 4.69) is 25.8 Å². The number of pyridine rings is 1. The Balaban J connectivity index is 2.06. The largest absolute Gasteiger partial charge is 0.339 e. The van der Waals surface area contributed by atoms with Crippen molar-refractivity contribution in [3.63, 3.8) is 0 Å². The van der Waals surface area contributed by atoms with Crippen LogP contribution in [0.2, 0.25) is 5.02 Å². The van der Waals surface area contributed by atoms with Crippen molar-refractivity contribution in [3.8, 4) is 0 Å². The molecule has 2 amide bonds. The Morgan fingerprint density at radius 1 is 1.30 bits per heavy atom. The highest BCUT2D eigenvalue weighted by molar-refractivity contribution is 6.30. The van der Waals surface area contributed by atoms with Crippen LogP contribution in [0.1, 0.15) is 30.8 Å². The van der Waals surface area contributed by atoms with E-state index in [9.17, 15) is 9.59 Å². The van der Waals surface area contributed by atoms with E-state index >= 15 is 0 Å². The predicted molar refractivity (Wildman–Crippen MR) is 87.2 cm³/mol. The Morgan fingerprint density at radius 2 is 2.09 bits per heavy atom. The highest BCUT2D eigenvalue weighted by atomic mass is 35.5. The first-order chi connectivity index (χ1) is 11.0. The molecule has 2 heterocycles. The van der Waals surface area contributed by atoms with Crippen molar-refractivity contribution < 1.29 is 9.59 Å². The maximum Gasteiger partial charge on any atom is 0.270 e. The van der Waals surface area contributed by atoms with Crippen LogP contribution in [0.5, 0.6) is 0 Å². The third-order valence-corrected chi connectivity index (χ3v) is 3.27. The molecule has 0 unspecified atom stereocenters. The molecule has 0 aliphatic carbocycles. The third-order valence-electron chi connectivity index (χ3n) is 3.05. The minimum absolute atomic E-state index is 0.206. The van der Waals surface area contributed by atoms with E-state index < -0.39 is 11.9 Å². The minimum Gasteiger partial charge on any atom is -0.339 e. The second-order valence-electron chi connectivity index (χ2n) is 5.48. The number of amides is 2. The summed E-state index contributed by atoms with van der Waals surface area (Å²) < 4.78 is 0. The van der Waals surface area contributed by atoms with Gasteiger partial charge in [0.25, 0.3) is 5.91 Å². The standard InChI is InChI=1S/C15H18ClN5O2/c1-9(2)7-12(15(23)20-13-5-6-18-21-13)19-14(22)11-4-3-10(16)8-17-11/h3-6,8-9,12H,7H2,1-2H3,(H,19,22)(H2,18,20,21,23)/t12-/m0/s1. The van der Waals surface area contributed by atoms with E-state index in [1.165, 1.54) is 18.5 Å². The van der Waals surface area contributed by atoms with E-state index in [0.29, 0.717) is 17.3 Å². The molecule has 7 nitrogen and oxygen atoms in total. The van der Waals surface area contributed by atoms with Crippen LogP contribution in [-0.4, -0.2) is 33.0 Å². The van der Waals surface area contributed by atoms with Crippen LogP contribution < -0.4 is 10.6 Å². The summed E-state index contributed by atoms with van der Waals surface area (Å²) >= 11 is 5.75. The number of carbonyl (C=O) groups excluding carboxylic acids is 2. The van der Waals surface area contributed by atoms with Crippen molar-refractivity contribution in [1.29, 1.82) is 0 Å². The van der Waals surface area contributed by atoms with Gasteiger partial charge in [0.05, 0.1) is 11.2 Å². The smallest absolute Gasteiger partial charge is 0.270 e. The highest BCUT2D eigenvalue weighted by Crippen LogP contribution is 2.10. The molecule has 0 bridgehead atoms. The summed E-state index contributed by atoms with van der Waals surface area (Å²) in [6, 6.07) is 4.04. The average Bonchev–Trinajstić information content (AvgIpc) is 2.99. The lowest BCUT2D eigenvalue weighted by Gasteiger charge is -2.19. The van der Waals surface area contributed by atoms with E-state index in [4.69, 9.17) is 11.6 Å². The third kappa shape index (κ3) is 5.07. The zero-order valence-electron chi connectivity index (χ0n) is 12.8. The molecule has 2 aromatic rings. The van der Waals surface area contributed by atoms with Gasteiger partial charge in [0.2, 0.25) is 5.91 Å². The van der Waals surface area contributed by atoms with Crippen molar-refractivity contribution >= 4 is 29.2 Å². The number of aromatic nitrogens is 3. The lowest BCUT2D eigenvalue weighted by molar-refractivity contribution is -0.118. The van der Waals surface area contributed by atoms with Crippen LogP contribution in [0, 0.1) is 5.92 Å². The number of rotatable bonds is 6. The van der Waals surface area contributed by atoms with E-state index in [1.54, 1.807) is 12.1 Å². The van der Waals surface area contributed by atoms with E-state index in [-0.39, 0.29) is 17.5 Å². The van der Waals surface area contributed by atoms with Crippen molar-refractivity contribution in [2.24, 2.45) is 5.92 Å². The molecule has 0 aliphatic heterocycles. The topological polar surface area (TPSA) is 99.8 Å². The summed E-state index contributed by atoms with van der Waals surface area (Å²) in [5.41, 5.74) is 0.206. The molecule has 0 saturated carbocycles. The molecule has 1 atom stereocenters. The maximum absolute atomic E-state index is 12.4. The van der Waals surface area contributed by atoms with Gasteiger partial charge < -0.3 is 10.6 Å². The molecule has 0 fully saturated rings. The monoisotopic (exact) mass is 335 g/mol. The number of hydrogen-bond donors (Lipinski definition) is 3. The van der Waals surface area contributed by atoms with Gasteiger partial charge in [-0.2, -0.15) is 5.10 Å². The molecule has 8 heteroatoms. The Hall–Kier alpha value is -2.41. The summed E-state index contributed by atoms with van der Waals surface area (Å²) in [5, 5.41) is 12.2. The van der Waals surface area contributed by atoms with Gasteiger partial charge in [-0.15, -0.1) is 0 Å². The first-order valence-electron chi connectivity index (χ1n) is 7.18. The zero-order valence-corrected chi connectivity index (χ0v) is 13.6. The molecule has 3 N–H and O–H groups in total. The first-order valence-corrected chi connectivity index (χ1v) is 7.56. The summed E-state index contributed by atoms with van der Waals surface area (Å²) in [6.45, 7) is 3.95. The van der Waals surface area contributed by atoms with Gasteiger partial charge in [-0.05, 0) is 24.5 Å². The van der Waals surface area contributed by atoms with Crippen LogP contribution in [0.25, 0.3) is 0 Å². The summed E-state index contributed by atoms with van der Waals surface area (Å²) in [7, 11) is 0.